The Morgan fingerprint density at radius 1 is 0.950 bits per heavy atom. The summed E-state index contributed by atoms with van der Waals surface area (Å²) in [4.78, 5) is 40.9. The smallest absolute Gasteiger partial charge is 0.332 e. The molecule has 20 heavy (non-hydrogen) atoms. The minimum atomic E-state index is -0.409. The quantitative estimate of drug-likeness (QED) is 0.790. The fourth-order valence-corrected chi connectivity index (χ4v) is 1.39. The predicted octanol–water partition coefficient (Wildman–Crippen LogP) is 0.477. The van der Waals surface area contributed by atoms with Gasteiger partial charge in [0.05, 0.1) is 12.4 Å². The molecule has 0 fully saturated rings. The predicted molar refractivity (Wildman–Crippen MR) is 67.2 cm³/mol. The number of rotatable bonds is 5. The molecule has 0 unspecified atom stereocenters. The van der Waals surface area contributed by atoms with Gasteiger partial charge in [0.25, 0.3) is 0 Å². The summed E-state index contributed by atoms with van der Waals surface area (Å²) in [5.41, 5.74) is 0. The van der Waals surface area contributed by atoms with Crippen molar-refractivity contribution in [3.63, 3.8) is 0 Å². The maximum absolute atomic E-state index is 11.3. The summed E-state index contributed by atoms with van der Waals surface area (Å²) in [6.45, 7) is 3.37. The lowest BCUT2D eigenvalue weighted by molar-refractivity contribution is -0.145. The number of imidazole rings is 2. The van der Waals surface area contributed by atoms with Gasteiger partial charge in [0.15, 0.2) is 0 Å². The van der Waals surface area contributed by atoms with Gasteiger partial charge in [0.2, 0.25) is 11.6 Å². The van der Waals surface area contributed by atoms with E-state index >= 15 is 0 Å². The Labute approximate surface area is 114 Å². The van der Waals surface area contributed by atoms with E-state index in [1.54, 1.807) is 13.8 Å². The normalized spacial score (nSPS) is 10.3. The van der Waals surface area contributed by atoms with Gasteiger partial charge in [-0.15, -0.1) is 0 Å². The molecule has 0 radical (unpaired) electrons. The number of carbonyl (C=O) groups excluding carboxylic acids is 2. The van der Waals surface area contributed by atoms with Crippen molar-refractivity contribution in [2.75, 3.05) is 0 Å². The maximum Gasteiger partial charge on any atom is 0.332 e. The van der Waals surface area contributed by atoms with Gasteiger partial charge in [0.1, 0.15) is 0 Å². The second kappa shape index (κ2) is 6.00. The zero-order valence-electron chi connectivity index (χ0n) is 11.1. The third kappa shape index (κ3) is 2.85. The lowest BCUT2D eigenvalue weighted by Crippen LogP contribution is -2.22. The monoisotopic (exact) mass is 278 g/mol. The third-order valence-corrected chi connectivity index (χ3v) is 2.39. The summed E-state index contributed by atoms with van der Waals surface area (Å²) in [5, 5.41) is 0. The number of nitrogens with zero attached hydrogens (tertiary/aromatic N) is 4. The van der Waals surface area contributed by atoms with Gasteiger partial charge < -0.3 is 9.68 Å². The Bertz CT molecular complexity index is 562. The molecular formula is C12H14N4O4. The first-order valence-electron chi connectivity index (χ1n) is 6.15. The van der Waals surface area contributed by atoms with Crippen molar-refractivity contribution < 1.29 is 19.3 Å². The van der Waals surface area contributed by atoms with Crippen molar-refractivity contribution in [1.29, 1.82) is 0 Å². The van der Waals surface area contributed by atoms with Gasteiger partial charge in [-0.05, 0) is 0 Å². The zero-order chi connectivity index (χ0) is 14.5. The molecule has 8 nitrogen and oxygen atoms in total. The average molecular weight is 278 g/mol. The summed E-state index contributed by atoms with van der Waals surface area (Å²) in [5.74, 6) is -0.290. The van der Waals surface area contributed by atoms with Crippen molar-refractivity contribution in [2.24, 2.45) is 0 Å². The molecular weight excluding hydrogens is 264 g/mol. The van der Waals surface area contributed by atoms with Gasteiger partial charge in [-0.2, -0.15) is 9.46 Å². The van der Waals surface area contributed by atoms with Gasteiger partial charge in [-0.1, -0.05) is 13.8 Å². The van der Waals surface area contributed by atoms with Crippen LogP contribution in [0.4, 0.5) is 0 Å². The highest BCUT2D eigenvalue weighted by Crippen LogP contribution is 2.13. The van der Waals surface area contributed by atoms with Crippen molar-refractivity contribution in [3.05, 3.63) is 24.8 Å². The minimum Gasteiger partial charge on any atom is -0.335 e. The second-order valence-electron chi connectivity index (χ2n) is 3.79. The molecule has 2 heterocycles. The SMILES string of the molecule is CCC(=O)On1ccnc1-c1nccn1OC(=O)CC. The lowest BCUT2D eigenvalue weighted by atomic mass is 10.5. The first-order valence-corrected chi connectivity index (χ1v) is 6.15. The molecule has 0 amide bonds. The molecule has 0 atom stereocenters. The van der Waals surface area contributed by atoms with E-state index < -0.39 is 11.9 Å². The Kier molecular flexibility index (Phi) is 4.14. The van der Waals surface area contributed by atoms with E-state index in [0.29, 0.717) is 0 Å². The Hall–Kier alpha value is -2.64. The molecule has 0 N–H and O–H groups in total. The standard InChI is InChI=1S/C12H14N4O4/c1-3-9(17)19-15-7-5-13-11(15)12-14-6-8-16(12)20-10(18)4-2/h5-8H,3-4H2,1-2H3. The molecule has 2 aromatic heterocycles. The van der Waals surface area contributed by atoms with Crippen LogP contribution in [-0.4, -0.2) is 31.4 Å². The van der Waals surface area contributed by atoms with E-state index in [-0.39, 0.29) is 24.5 Å². The van der Waals surface area contributed by atoms with E-state index in [0.717, 1.165) is 0 Å². The lowest BCUT2D eigenvalue weighted by Gasteiger charge is -2.08. The highest BCUT2D eigenvalue weighted by molar-refractivity contribution is 5.70. The van der Waals surface area contributed by atoms with Crippen molar-refractivity contribution in [1.82, 2.24) is 19.4 Å². The maximum atomic E-state index is 11.3. The summed E-state index contributed by atoms with van der Waals surface area (Å²) >= 11 is 0. The highest BCUT2D eigenvalue weighted by Gasteiger charge is 2.17. The molecule has 0 spiro atoms. The van der Waals surface area contributed by atoms with Crippen LogP contribution in [0.3, 0.4) is 0 Å². The molecule has 8 heteroatoms. The Morgan fingerprint density at radius 3 is 1.70 bits per heavy atom. The first kappa shape index (κ1) is 13.8. The minimum absolute atomic E-state index is 0.233. The van der Waals surface area contributed by atoms with Crippen LogP contribution in [0.5, 0.6) is 0 Å². The van der Waals surface area contributed by atoms with Crippen LogP contribution in [0.15, 0.2) is 24.8 Å². The molecule has 0 aliphatic carbocycles. The zero-order valence-corrected chi connectivity index (χ0v) is 11.1. The molecule has 2 aromatic rings. The van der Waals surface area contributed by atoms with Gasteiger partial charge in [-0.25, -0.2) is 19.6 Å². The largest absolute Gasteiger partial charge is 0.335 e. The third-order valence-electron chi connectivity index (χ3n) is 2.39. The van der Waals surface area contributed by atoms with Gasteiger partial charge in [0, 0.05) is 25.2 Å². The number of hydrogen-bond acceptors (Lipinski definition) is 6. The summed E-state index contributed by atoms with van der Waals surface area (Å²) in [6, 6.07) is 0. The summed E-state index contributed by atoms with van der Waals surface area (Å²) in [6.07, 6.45) is 6.33. The van der Waals surface area contributed by atoms with Crippen molar-refractivity contribution in [2.45, 2.75) is 26.7 Å². The molecule has 0 saturated heterocycles. The Balaban J connectivity index is 2.28. The topological polar surface area (TPSA) is 88.2 Å². The van der Waals surface area contributed by atoms with E-state index in [1.807, 2.05) is 0 Å². The van der Waals surface area contributed by atoms with Crippen molar-refractivity contribution in [3.8, 4) is 11.6 Å². The summed E-state index contributed by atoms with van der Waals surface area (Å²) < 4.78 is 2.37. The van der Waals surface area contributed by atoms with Crippen LogP contribution in [0.25, 0.3) is 11.6 Å². The molecule has 106 valence electrons. The van der Waals surface area contributed by atoms with Crippen LogP contribution in [0.2, 0.25) is 0 Å². The highest BCUT2D eigenvalue weighted by atomic mass is 16.7. The fraction of sp³-hybridized carbons (Fsp3) is 0.333. The number of carbonyl (C=O) groups is 2. The first-order chi connectivity index (χ1) is 9.65. The summed E-state index contributed by atoms with van der Waals surface area (Å²) in [7, 11) is 0. The number of hydrogen-bond donors (Lipinski definition) is 0. The van der Waals surface area contributed by atoms with Crippen molar-refractivity contribution >= 4 is 11.9 Å². The van der Waals surface area contributed by atoms with Crippen LogP contribution >= 0.6 is 0 Å². The van der Waals surface area contributed by atoms with E-state index in [1.165, 1.54) is 34.2 Å². The molecule has 0 aliphatic heterocycles. The van der Waals surface area contributed by atoms with Gasteiger partial charge in [-0.3, -0.25) is 0 Å². The van der Waals surface area contributed by atoms with E-state index in [4.69, 9.17) is 9.68 Å². The second-order valence-corrected chi connectivity index (χ2v) is 3.79. The average Bonchev–Trinajstić information content (AvgIpc) is 3.07. The van der Waals surface area contributed by atoms with E-state index in [9.17, 15) is 9.59 Å². The number of aromatic nitrogens is 4. The van der Waals surface area contributed by atoms with Gasteiger partial charge >= 0.3 is 11.9 Å². The van der Waals surface area contributed by atoms with E-state index in [2.05, 4.69) is 9.97 Å². The molecule has 2 rings (SSSR count). The molecule has 0 saturated carbocycles. The molecule has 0 bridgehead atoms. The van der Waals surface area contributed by atoms with Crippen LogP contribution in [-0.2, 0) is 9.59 Å². The van der Waals surface area contributed by atoms with Crippen LogP contribution in [0.1, 0.15) is 26.7 Å². The van der Waals surface area contributed by atoms with Crippen LogP contribution < -0.4 is 9.68 Å². The molecule has 0 aliphatic rings. The molecule has 0 aromatic carbocycles. The Morgan fingerprint density at radius 2 is 1.35 bits per heavy atom. The fourth-order valence-electron chi connectivity index (χ4n) is 1.39. The van der Waals surface area contributed by atoms with Crippen LogP contribution in [0, 0.1) is 0 Å².